The zero-order valence-corrected chi connectivity index (χ0v) is 11.4. The van der Waals surface area contributed by atoms with Crippen LogP contribution in [0.2, 0.25) is 0 Å². The minimum atomic E-state index is -0.945. The van der Waals surface area contributed by atoms with Crippen LogP contribution >= 0.6 is 0 Å². The molecule has 0 spiro atoms. The summed E-state index contributed by atoms with van der Waals surface area (Å²) in [7, 11) is 0. The molecule has 0 radical (unpaired) electrons. The summed E-state index contributed by atoms with van der Waals surface area (Å²) in [5, 5.41) is 11.7. The summed E-state index contributed by atoms with van der Waals surface area (Å²) in [6.07, 6.45) is 2.11. The van der Waals surface area contributed by atoms with Crippen molar-refractivity contribution in [1.29, 1.82) is 0 Å². The van der Waals surface area contributed by atoms with Crippen molar-refractivity contribution >= 4 is 11.9 Å². The normalized spacial score (nSPS) is 21.2. The predicted molar refractivity (Wildman–Crippen MR) is 71.5 cm³/mol. The number of rotatable bonds is 5. The highest BCUT2D eigenvalue weighted by Crippen LogP contribution is 2.31. The molecule has 4 nitrogen and oxygen atoms in total. The van der Waals surface area contributed by atoms with Gasteiger partial charge in [-0.25, -0.2) is 8.78 Å². The third kappa shape index (κ3) is 4.00. The van der Waals surface area contributed by atoms with E-state index in [0.717, 1.165) is 12.5 Å². The molecule has 0 aromatic heterocycles. The first-order valence-corrected chi connectivity index (χ1v) is 6.93. The molecule has 21 heavy (non-hydrogen) atoms. The van der Waals surface area contributed by atoms with E-state index in [2.05, 4.69) is 5.32 Å². The Bertz CT molecular complexity index is 527. The van der Waals surface area contributed by atoms with Gasteiger partial charge >= 0.3 is 5.97 Å². The van der Waals surface area contributed by atoms with Crippen LogP contribution in [-0.4, -0.2) is 23.5 Å². The zero-order valence-electron chi connectivity index (χ0n) is 11.4. The molecule has 1 amide bonds. The van der Waals surface area contributed by atoms with Gasteiger partial charge in [0, 0.05) is 12.6 Å². The molecule has 0 bridgehead atoms. The maximum atomic E-state index is 13.0. The lowest BCUT2D eigenvalue weighted by Crippen LogP contribution is -2.36. The summed E-state index contributed by atoms with van der Waals surface area (Å²) < 4.78 is 26.0. The molecule has 0 saturated heterocycles. The Kier molecular flexibility index (Phi) is 4.88. The summed E-state index contributed by atoms with van der Waals surface area (Å²) in [4.78, 5) is 23.0. The summed E-state index contributed by atoms with van der Waals surface area (Å²) in [5.74, 6) is -3.68. The molecule has 0 heterocycles. The van der Waals surface area contributed by atoms with Gasteiger partial charge in [-0.1, -0.05) is 6.42 Å². The predicted octanol–water partition coefficient (Wildman–Crippen LogP) is 2.12. The minimum Gasteiger partial charge on any atom is -0.481 e. The van der Waals surface area contributed by atoms with E-state index in [1.54, 1.807) is 0 Å². The highest BCUT2D eigenvalue weighted by Gasteiger charge is 2.37. The number of carbonyl (C=O) groups excluding carboxylic acids is 1. The van der Waals surface area contributed by atoms with Crippen molar-refractivity contribution in [3.8, 4) is 0 Å². The largest absolute Gasteiger partial charge is 0.481 e. The van der Waals surface area contributed by atoms with E-state index in [4.69, 9.17) is 5.11 Å². The molecule has 2 N–H and O–H groups in total. The number of carboxylic acids is 1. The number of aliphatic carboxylic acids is 1. The molecular weight excluding hydrogens is 280 g/mol. The monoisotopic (exact) mass is 297 g/mol. The molecule has 2 rings (SSSR count). The van der Waals surface area contributed by atoms with Crippen molar-refractivity contribution in [3.63, 3.8) is 0 Å². The third-order valence-electron chi connectivity index (χ3n) is 3.81. The number of halogens is 2. The highest BCUT2D eigenvalue weighted by atomic mass is 19.1. The molecule has 1 aromatic rings. The van der Waals surface area contributed by atoms with Gasteiger partial charge in [-0.3, -0.25) is 9.59 Å². The molecule has 1 fully saturated rings. The van der Waals surface area contributed by atoms with Gasteiger partial charge in [-0.15, -0.1) is 0 Å². The molecule has 1 aliphatic carbocycles. The fourth-order valence-corrected chi connectivity index (χ4v) is 2.79. The van der Waals surface area contributed by atoms with Crippen LogP contribution in [-0.2, 0) is 16.0 Å². The van der Waals surface area contributed by atoms with E-state index < -0.39 is 29.4 Å². The Hall–Kier alpha value is -1.98. The van der Waals surface area contributed by atoms with Crippen molar-refractivity contribution in [2.24, 2.45) is 11.8 Å². The zero-order chi connectivity index (χ0) is 15.4. The SMILES string of the molecule is O=C(O)[C@H]1CCC[C@H]1C(=O)NCCc1cc(F)cc(F)c1. The van der Waals surface area contributed by atoms with E-state index >= 15 is 0 Å². The van der Waals surface area contributed by atoms with Crippen LogP contribution in [0, 0.1) is 23.5 Å². The van der Waals surface area contributed by atoms with Gasteiger partial charge in [0.2, 0.25) is 5.91 Å². The molecular formula is C15H17F2NO3. The fourth-order valence-electron chi connectivity index (χ4n) is 2.79. The third-order valence-corrected chi connectivity index (χ3v) is 3.81. The molecule has 0 aliphatic heterocycles. The van der Waals surface area contributed by atoms with Crippen molar-refractivity contribution in [2.75, 3.05) is 6.54 Å². The Morgan fingerprint density at radius 3 is 2.38 bits per heavy atom. The van der Waals surface area contributed by atoms with Crippen LogP contribution < -0.4 is 5.32 Å². The van der Waals surface area contributed by atoms with Crippen molar-refractivity contribution in [2.45, 2.75) is 25.7 Å². The Balaban J connectivity index is 1.85. The molecule has 1 saturated carbocycles. The second kappa shape index (κ2) is 6.65. The van der Waals surface area contributed by atoms with Gasteiger partial charge < -0.3 is 10.4 Å². The quantitative estimate of drug-likeness (QED) is 0.875. The van der Waals surface area contributed by atoms with Crippen molar-refractivity contribution in [1.82, 2.24) is 5.32 Å². The number of hydrogen-bond donors (Lipinski definition) is 2. The van der Waals surface area contributed by atoms with E-state index in [9.17, 15) is 18.4 Å². The maximum Gasteiger partial charge on any atom is 0.307 e. The summed E-state index contributed by atoms with van der Waals surface area (Å²) in [6, 6.07) is 3.22. The van der Waals surface area contributed by atoms with E-state index in [-0.39, 0.29) is 12.5 Å². The standard InChI is InChI=1S/C15H17F2NO3/c16-10-6-9(7-11(17)8-10)4-5-18-14(19)12-2-1-3-13(12)15(20)21/h6-8,12-13H,1-5H2,(H,18,19)(H,20,21)/t12-,13+/m1/s1. The molecule has 1 aliphatic rings. The van der Waals surface area contributed by atoms with Crippen molar-refractivity contribution in [3.05, 3.63) is 35.4 Å². The number of hydrogen-bond acceptors (Lipinski definition) is 2. The summed E-state index contributed by atoms with van der Waals surface area (Å²) >= 11 is 0. The van der Waals surface area contributed by atoms with Crippen LogP contribution in [0.3, 0.4) is 0 Å². The first kappa shape index (κ1) is 15.4. The van der Waals surface area contributed by atoms with Gasteiger partial charge in [0.05, 0.1) is 11.8 Å². The van der Waals surface area contributed by atoms with Gasteiger partial charge in [-0.05, 0) is 37.0 Å². The molecule has 6 heteroatoms. The topological polar surface area (TPSA) is 66.4 Å². The van der Waals surface area contributed by atoms with E-state index in [0.29, 0.717) is 24.8 Å². The average Bonchev–Trinajstić information content (AvgIpc) is 2.86. The van der Waals surface area contributed by atoms with Gasteiger partial charge in [0.25, 0.3) is 0 Å². The molecule has 1 aromatic carbocycles. The summed E-state index contributed by atoms with van der Waals surface area (Å²) in [5.41, 5.74) is 0.453. The van der Waals surface area contributed by atoms with Crippen LogP contribution in [0.1, 0.15) is 24.8 Å². The van der Waals surface area contributed by atoms with Crippen LogP contribution in [0.25, 0.3) is 0 Å². The fraction of sp³-hybridized carbons (Fsp3) is 0.467. The Morgan fingerprint density at radius 1 is 1.14 bits per heavy atom. The average molecular weight is 297 g/mol. The van der Waals surface area contributed by atoms with Crippen LogP contribution in [0.15, 0.2) is 18.2 Å². The van der Waals surface area contributed by atoms with Crippen LogP contribution in [0.4, 0.5) is 8.78 Å². The molecule has 0 unspecified atom stereocenters. The first-order valence-electron chi connectivity index (χ1n) is 6.93. The first-order chi connectivity index (χ1) is 9.97. The van der Waals surface area contributed by atoms with Crippen LogP contribution in [0.5, 0.6) is 0 Å². The van der Waals surface area contributed by atoms with E-state index in [1.165, 1.54) is 12.1 Å². The smallest absolute Gasteiger partial charge is 0.307 e. The van der Waals surface area contributed by atoms with E-state index in [1.807, 2.05) is 0 Å². The number of carboxylic acid groups (broad SMARTS) is 1. The number of benzene rings is 1. The lowest BCUT2D eigenvalue weighted by molar-refractivity contribution is -0.146. The molecule has 114 valence electrons. The number of carbonyl (C=O) groups is 2. The maximum absolute atomic E-state index is 13.0. The number of amides is 1. The van der Waals surface area contributed by atoms with Gasteiger partial charge in [0.15, 0.2) is 0 Å². The van der Waals surface area contributed by atoms with Crippen molar-refractivity contribution < 1.29 is 23.5 Å². The Labute approximate surface area is 121 Å². The van der Waals surface area contributed by atoms with Gasteiger partial charge in [-0.2, -0.15) is 0 Å². The Morgan fingerprint density at radius 2 is 1.76 bits per heavy atom. The lowest BCUT2D eigenvalue weighted by atomic mass is 9.95. The lowest BCUT2D eigenvalue weighted by Gasteiger charge is -2.15. The second-order valence-corrected chi connectivity index (χ2v) is 5.30. The highest BCUT2D eigenvalue weighted by molar-refractivity contribution is 5.85. The minimum absolute atomic E-state index is 0.227. The van der Waals surface area contributed by atoms with Gasteiger partial charge in [0.1, 0.15) is 11.6 Å². The second-order valence-electron chi connectivity index (χ2n) is 5.30. The summed E-state index contributed by atoms with van der Waals surface area (Å²) in [6.45, 7) is 0.227. The molecule has 2 atom stereocenters. The number of nitrogens with one attached hydrogen (secondary N) is 1.